The van der Waals surface area contributed by atoms with Crippen LogP contribution >= 0.6 is 0 Å². The monoisotopic (exact) mass is 287 g/mol. The lowest BCUT2D eigenvalue weighted by atomic mass is 10.1. The molecule has 0 saturated heterocycles. The molecule has 0 fully saturated rings. The van der Waals surface area contributed by atoms with Crippen LogP contribution in [0.2, 0.25) is 0 Å². The molecular weight excluding hydrogens is 270 g/mol. The number of aromatic nitrogens is 2. The van der Waals surface area contributed by atoms with E-state index in [1.807, 2.05) is 30.3 Å². The second-order valence-corrected chi connectivity index (χ2v) is 4.31. The minimum Gasteiger partial charge on any atom is -0.487 e. The molecule has 0 saturated carbocycles. The van der Waals surface area contributed by atoms with E-state index in [9.17, 15) is 4.79 Å². The van der Waals surface area contributed by atoms with Gasteiger partial charge in [-0.2, -0.15) is 0 Å². The van der Waals surface area contributed by atoms with Crippen molar-refractivity contribution in [3.8, 4) is 5.75 Å². The van der Waals surface area contributed by atoms with Crippen LogP contribution in [0.5, 0.6) is 5.75 Å². The van der Waals surface area contributed by atoms with Gasteiger partial charge < -0.3 is 15.2 Å². The van der Waals surface area contributed by atoms with E-state index in [2.05, 4.69) is 9.97 Å². The van der Waals surface area contributed by atoms with Gasteiger partial charge in [0.2, 0.25) is 5.95 Å². The molecule has 0 spiro atoms. The number of aryl methyl sites for hydroxylation is 1. The highest BCUT2D eigenvalue weighted by Crippen LogP contribution is 2.17. The van der Waals surface area contributed by atoms with Crippen molar-refractivity contribution in [2.75, 3.05) is 12.3 Å². The maximum atomic E-state index is 12.0. The van der Waals surface area contributed by atoms with Crippen LogP contribution in [0.15, 0.2) is 30.3 Å². The van der Waals surface area contributed by atoms with Gasteiger partial charge in [-0.05, 0) is 26.0 Å². The van der Waals surface area contributed by atoms with Crippen molar-refractivity contribution < 1.29 is 14.3 Å². The van der Waals surface area contributed by atoms with Crippen LogP contribution in [0.1, 0.15) is 28.7 Å². The number of anilines is 1. The average molecular weight is 287 g/mol. The lowest BCUT2D eigenvalue weighted by molar-refractivity contribution is 0.0521. The summed E-state index contributed by atoms with van der Waals surface area (Å²) in [6.45, 7) is 3.83. The van der Waals surface area contributed by atoms with Gasteiger partial charge in [0.25, 0.3) is 0 Å². The summed E-state index contributed by atoms with van der Waals surface area (Å²) in [5.41, 5.74) is 6.85. The Hall–Kier alpha value is -2.63. The molecule has 2 rings (SSSR count). The summed E-state index contributed by atoms with van der Waals surface area (Å²) in [6, 6.07) is 9.26. The third-order valence-corrected chi connectivity index (χ3v) is 2.78. The van der Waals surface area contributed by atoms with Crippen LogP contribution in [0.25, 0.3) is 0 Å². The van der Waals surface area contributed by atoms with E-state index in [4.69, 9.17) is 15.2 Å². The second kappa shape index (κ2) is 6.69. The van der Waals surface area contributed by atoms with E-state index >= 15 is 0 Å². The molecule has 0 unspecified atom stereocenters. The standard InChI is InChI=1S/C15H17N3O3/c1-3-20-14(19)13-10(2)17-15(16)18-12(13)9-21-11-7-5-4-6-8-11/h4-8H,3,9H2,1-2H3,(H2,16,17,18). The van der Waals surface area contributed by atoms with Gasteiger partial charge in [0, 0.05) is 0 Å². The molecule has 1 heterocycles. The van der Waals surface area contributed by atoms with Gasteiger partial charge in [-0.1, -0.05) is 18.2 Å². The van der Waals surface area contributed by atoms with Crippen molar-refractivity contribution in [2.45, 2.75) is 20.5 Å². The largest absolute Gasteiger partial charge is 0.487 e. The van der Waals surface area contributed by atoms with Gasteiger partial charge in [0.1, 0.15) is 17.9 Å². The summed E-state index contributed by atoms with van der Waals surface area (Å²) in [5.74, 6) is 0.316. The number of nitrogens with zero attached hydrogens (tertiary/aromatic N) is 2. The van der Waals surface area contributed by atoms with E-state index in [0.29, 0.717) is 22.7 Å². The molecule has 0 amide bonds. The highest BCUT2D eigenvalue weighted by atomic mass is 16.5. The molecule has 0 bridgehead atoms. The van der Waals surface area contributed by atoms with Gasteiger partial charge in [-0.15, -0.1) is 0 Å². The summed E-state index contributed by atoms with van der Waals surface area (Å²) in [7, 11) is 0. The van der Waals surface area contributed by atoms with Crippen LogP contribution < -0.4 is 10.5 Å². The molecule has 21 heavy (non-hydrogen) atoms. The Morgan fingerprint density at radius 2 is 1.95 bits per heavy atom. The summed E-state index contributed by atoms with van der Waals surface area (Å²) in [4.78, 5) is 20.1. The molecule has 2 aromatic rings. The van der Waals surface area contributed by atoms with Crippen molar-refractivity contribution >= 4 is 11.9 Å². The van der Waals surface area contributed by atoms with Crippen molar-refractivity contribution in [1.29, 1.82) is 0 Å². The molecule has 0 atom stereocenters. The Kier molecular flexibility index (Phi) is 4.71. The number of carbonyl (C=O) groups is 1. The maximum Gasteiger partial charge on any atom is 0.341 e. The molecule has 2 N–H and O–H groups in total. The van der Waals surface area contributed by atoms with Gasteiger partial charge in [-0.3, -0.25) is 0 Å². The fourth-order valence-corrected chi connectivity index (χ4v) is 1.90. The summed E-state index contributed by atoms with van der Waals surface area (Å²) in [6.07, 6.45) is 0. The molecule has 0 aliphatic heterocycles. The topological polar surface area (TPSA) is 87.3 Å². The molecule has 6 nitrogen and oxygen atoms in total. The fourth-order valence-electron chi connectivity index (χ4n) is 1.90. The number of ether oxygens (including phenoxy) is 2. The molecule has 6 heteroatoms. The van der Waals surface area contributed by atoms with E-state index in [1.54, 1.807) is 13.8 Å². The number of hydrogen-bond donors (Lipinski definition) is 1. The van der Waals surface area contributed by atoms with Crippen LogP contribution in [0.4, 0.5) is 5.95 Å². The Morgan fingerprint density at radius 1 is 1.24 bits per heavy atom. The first-order valence-corrected chi connectivity index (χ1v) is 6.59. The predicted octanol–water partition coefficient (Wildman–Crippen LogP) is 2.12. The van der Waals surface area contributed by atoms with Crippen molar-refractivity contribution in [1.82, 2.24) is 9.97 Å². The molecule has 1 aromatic carbocycles. The third kappa shape index (κ3) is 3.68. The molecule has 0 aliphatic rings. The molecule has 110 valence electrons. The first kappa shape index (κ1) is 14.8. The number of hydrogen-bond acceptors (Lipinski definition) is 6. The molecule has 0 radical (unpaired) electrons. The first-order valence-electron chi connectivity index (χ1n) is 6.59. The van der Waals surface area contributed by atoms with Gasteiger partial charge in [0.05, 0.1) is 18.0 Å². The zero-order chi connectivity index (χ0) is 15.2. The Morgan fingerprint density at radius 3 is 2.62 bits per heavy atom. The van der Waals surface area contributed by atoms with E-state index in [-0.39, 0.29) is 19.2 Å². The van der Waals surface area contributed by atoms with Crippen LogP contribution in [0, 0.1) is 6.92 Å². The summed E-state index contributed by atoms with van der Waals surface area (Å²) < 4.78 is 10.6. The third-order valence-electron chi connectivity index (χ3n) is 2.78. The molecule has 0 aliphatic carbocycles. The van der Waals surface area contributed by atoms with Crippen LogP contribution in [-0.2, 0) is 11.3 Å². The predicted molar refractivity (Wildman–Crippen MR) is 77.9 cm³/mol. The number of benzene rings is 1. The fraction of sp³-hybridized carbons (Fsp3) is 0.267. The zero-order valence-electron chi connectivity index (χ0n) is 12.0. The SMILES string of the molecule is CCOC(=O)c1c(C)nc(N)nc1COc1ccccc1. The highest BCUT2D eigenvalue weighted by molar-refractivity contribution is 5.91. The van der Waals surface area contributed by atoms with E-state index in [1.165, 1.54) is 0 Å². The summed E-state index contributed by atoms with van der Waals surface area (Å²) >= 11 is 0. The van der Waals surface area contributed by atoms with Crippen LogP contribution in [0.3, 0.4) is 0 Å². The maximum absolute atomic E-state index is 12.0. The Labute approximate surface area is 122 Å². The van der Waals surface area contributed by atoms with Gasteiger partial charge >= 0.3 is 5.97 Å². The van der Waals surface area contributed by atoms with Crippen LogP contribution in [-0.4, -0.2) is 22.5 Å². The van der Waals surface area contributed by atoms with Crippen molar-refractivity contribution in [3.05, 3.63) is 47.3 Å². The zero-order valence-corrected chi connectivity index (χ0v) is 12.0. The van der Waals surface area contributed by atoms with E-state index < -0.39 is 5.97 Å². The number of para-hydroxylation sites is 1. The normalized spacial score (nSPS) is 10.2. The Bertz CT molecular complexity index is 630. The quantitative estimate of drug-likeness (QED) is 0.847. The smallest absolute Gasteiger partial charge is 0.341 e. The Balaban J connectivity index is 2.26. The van der Waals surface area contributed by atoms with Gasteiger partial charge in [0.15, 0.2) is 0 Å². The van der Waals surface area contributed by atoms with Crippen molar-refractivity contribution in [2.24, 2.45) is 0 Å². The van der Waals surface area contributed by atoms with Crippen molar-refractivity contribution in [3.63, 3.8) is 0 Å². The number of esters is 1. The average Bonchev–Trinajstić information content (AvgIpc) is 2.45. The first-order chi connectivity index (χ1) is 10.1. The highest BCUT2D eigenvalue weighted by Gasteiger charge is 2.19. The molecular formula is C15H17N3O3. The summed E-state index contributed by atoms with van der Waals surface area (Å²) in [5, 5.41) is 0. The minimum atomic E-state index is -0.471. The number of nitrogens with two attached hydrogens (primary N) is 1. The second-order valence-electron chi connectivity index (χ2n) is 4.31. The van der Waals surface area contributed by atoms with E-state index in [0.717, 1.165) is 0 Å². The lowest BCUT2D eigenvalue weighted by Gasteiger charge is -2.12. The molecule has 1 aromatic heterocycles. The number of carbonyl (C=O) groups excluding carboxylic acids is 1. The number of rotatable bonds is 5. The minimum absolute atomic E-state index is 0.104. The van der Waals surface area contributed by atoms with Gasteiger partial charge in [-0.25, -0.2) is 14.8 Å². The lowest BCUT2D eigenvalue weighted by Crippen LogP contribution is -2.16. The number of nitrogen functional groups attached to an aromatic ring is 1.